The van der Waals surface area contributed by atoms with Crippen molar-refractivity contribution in [1.29, 1.82) is 0 Å². The van der Waals surface area contributed by atoms with E-state index in [1.807, 2.05) is 39.0 Å². The quantitative estimate of drug-likeness (QED) is 0.791. The first-order valence-electron chi connectivity index (χ1n) is 9.16. The number of benzene rings is 1. The number of nitrogens with zero attached hydrogens (tertiary/aromatic N) is 1. The Morgan fingerprint density at radius 2 is 1.85 bits per heavy atom. The van der Waals surface area contributed by atoms with Crippen molar-refractivity contribution >= 4 is 17.9 Å². The maximum Gasteiger partial charge on any atom is 0.410 e. The number of aliphatic hydroxyl groups excluding tert-OH is 1. The number of rotatable bonds is 6. The molecule has 0 aromatic heterocycles. The minimum absolute atomic E-state index is 0.0190. The van der Waals surface area contributed by atoms with E-state index in [0.29, 0.717) is 31.7 Å². The van der Waals surface area contributed by atoms with E-state index in [1.54, 1.807) is 16.7 Å². The molecule has 5 nitrogen and oxygen atoms in total. The molecule has 0 saturated carbocycles. The molecule has 1 aromatic carbocycles. The number of piperidine rings is 1. The van der Waals surface area contributed by atoms with Gasteiger partial charge in [0.2, 0.25) is 0 Å². The molecule has 26 heavy (non-hydrogen) atoms. The molecular formula is C20H31NO4S. The average molecular weight is 382 g/mol. The van der Waals surface area contributed by atoms with Crippen LogP contribution in [0, 0.1) is 5.92 Å². The van der Waals surface area contributed by atoms with Crippen LogP contribution in [0.1, 0.15) is 39.2 Å². The smallest absolute Gasteiger partial charge is 0.410 e. The number of ether oxygens (including phenoxy) is 1. The van der Waals surface area contributed by atoms with Crippen LogP contribution in [0.4, 0.5) is 4.79 Å². The fraction of sp³-hybridized carbons (Fsp3) is 0.650. The predicted octanol–water partition coefficient (Wildman–Crippen LogP) is 3.29. The number of likely N-dealkylation sites (tertiary alicyclic amines) is 1. The molecule has 1 amide bonds. The molecule has 2 N–H and O–H groups in total. The number of hydrogen-bond acceptors (Lipinski definition) is 5. The van der Waals surface area contributed by atoms with Gasteiger partial charge in [0.1, 0.15) is 5.60 Å². The number of aliphatic hydroxyl groups is 2. The Morgan fingerprint density at radius 3 is 2.38 bits per heavy atom. The molecule has 1 heterocycles. The van der Waals surface area contributed by atoms with Gasteiger partial charge in [0.15, 0.2) is 0 Å². The Labute approximate surface area is 160 Å². The molecule has 0 spiro atoms. The molecular weight excluding hydrogens is 350 g/mol. The van der Waals surface area contributed by atoms with E-state index in [-0.39, 0.29) is 18.6 Å². The van der Waals surface area contributed by atoms with E-state index in [0.717, 1.165) is 5.75 Å². The van der Waals surface area contributed by atoms with E-state index < -0.39 is 11.2 Å². The predicted molar refractivity (Wildman–Crippen MR) is 105 cm³/mol. The molecule has 0 bridgehead atoms. The van der Waals surface area contributed by atoms with Gasteiger partial charge in [-0.1, -0.05) is 30.3 Å². The number of thioether (sulfide) groups is 1. The van der Waals surface area contributed by atoms with Crippen molar-refractivity contribution in [1.82, 2.24) is 4.90 Å². The fourth-order valence-corrected chi connectivity index (χ4v) is 4.35. The number of carbonyl (C=O) groups excluding carboxylic acids is 1. The molecule has 146 valence electrons. The van der Waals surface area contributed by atoms with Crippen molar-refractivity contribution in [3.8, 4) is 0 Å². The Hall–Kier alpha value is -1.24. The summed E-state index contributed by atoms with van der Waals surface area (Å²) in [6.45, 7) is 6.40. The summed E-state index contributed by atoms with van der Waals surface area (Å²) in [5.41, 5.74) is -0.412. The van der Waals surface area contributed by atoms with E-state index in [9.17, 15) is 15.0 Å². The van der Waals surface area contributed by atoms with Crippen molar-refractivity contribution in [2.24, 2.45) is 5.92 Å². The topological polar surface area (TPSA) is 70.0 Å². The van der Waals surface area contributed by atoms with Crippen LogP contribution in [0.25, 0.3) is 0 Å². The Balaban J connectivity index is 1.83. The normalized spacial score (nSPS) is 18.4. The van der Waals surface area contributed by atoms with E-state index >= 15 is 0 Å². The minimum atomic E-state index is -1.11. The molecule has 6 heteroatoms. The summed E-state index contributed by atoms with van der Waals surface area (Å²) >= 11 is 1.63. The van der Waals surface area contributed by atoms with Crippen LogP contribution < -0.4 is 0 Å². The second-order valence-corrected chi connectivity index (χ2v) is 8.97. The summed E-state index contributed by atoms with van der Waals surface area (Å²) in [7, 11) is 0. The molecule has 1 aromatic rings. The van der Waals surface area contributed by atoms with Gasteiger partial charge in [0.25, 0.3) is 0 Å². The molecule has 1 aliphatic heterocycles. The van der Waals surface area contributed by atoms with E-state index in [1.165, 1.54) is 5.56 Å². The van der Waals surface area contributed by atoms with Crippen molar-refractivity contribution < 1.29 is 19.7 Å². The molecule has 0 unspecified atom stereocenters. The van der Waals surface area contributed by atoms with Crippen molar-refractivity contribution in [2.45, 2.75) is 50.6 Å². The largest absolute Gasteiger partial charge is 0.444 e. The standard InChI is InChI=1S/C20H31NO4S/c1-19(2,3)25-18(23)21-11-9-17(10-12-21)20(24,14-22)15-26-13-16-7-5-4-6-8-16/h4-8,17,22,24H,9-15H2,1-3H3/t20-/m0/s1. The van der Waals surface area contributed by atoms with Crippen LogP contribution in [0.5, 0.6) is 0 Å². The second-order valence-electron chi connectivity index (χ2n) is 7.98. The number of amides is 1. The highest BCUT2D eigenvalue weighted by molar-refractivity contribution is 7.98. The summed E-state index contributed by atoms with van der Waals surface area (Å²) in [6.07, 6.45) is 1.03. The second kappa shape index (κ2) is 9.11. The van der Waals surface area contributed by atoms with E-state index in [4.69, 9.17) is 4.74 Å². The molecule has 1 saturated heterocycles. The van der Waals surface area contributed by atoms with Gasteiger partial charge >= 0.3 is 6.09 Å². The first kappa shape index (κ1) is 21.1. The highest BCUT2D eigenvalue weighted by Crippen LogP contribution is 2.32. The number of hydrogen-bond donors (Lipinski definition) is 2. The zero-order valence-corrected chi connectivity index (χ0v) is 16.8. The maximum absolute atomic E-state index is 12.2. The third kappa shape index (κ3) is 6.18. The average Bonchev–Trinajstić information content (AvgIpc) is 2.61. The van der Waals surface area contributed by atoms with Crippen LogP contribution >= 0.6 is 11.8 Å². The Bertz CT molecular complexity index is 567. The maximum atomic E-state index is 12.2. The molecule has 1 atom stereocenters. The molecule has 0 aliphatic carbocycles. The lowest BCUT2D eigenvalue weighted by Gasteiger charge is -2.40. The van der Waals surface area contributed by atoms with E-state index in [2.05, 4.69) is 12.1 Å². The third-order valence-corrected chi connectivity index (χ3v) is 5.89. The lowest BCUT2D eigenvalue weighted by molar-refractivity contribution is -0.0630. The van der Waals surface area contributed by atoms with Gasteiger partial charge in [-0.25, -0.2) is 4.79 Å². The van der Waals surface area contributed by atoms with Crippen LogP contribution in [0.3, 0.4) is 0 Å². The molecule has 1 fully saturated rings. The monoisotopic (exact) mass is 381 g/mol. The van der Waals surface area contributed by atoms with Crippen molar-refractivity contribution in [2.75, 3.05) is 25.4 Å². The summed E-state index contributed by atoms with van der Waals surface area (Å²) in [4.78, 5) is 13.8. The van der Waals surface area contributed by atoms with Gasteiger partial charge in [0.05, 0.1) is 12.2 Å². The first-order valence-corrected chi connectivity index (χ1v) is 10.3. The van der Waals surface area contributed by atoms with Gasteiger partial charge in [-0.2, -0.15) is 11.8 Å². The highest BCUT2D eigenvalue weighted by Gasteiger charge is 2.39. The zero-order chi connectivity index (χ0) is 19.2. The Morgan fingerprint density at radius 1 is 1.23 bits per heavy atom. The van der Waals surface area contributed by atoms with Gasteiger partial charge in [-0.15, -0.1) is 0 Å². The van der Waals surface area contributed by atoms with Crippen LogP contribution in [-0.4, -0.2) is 57.9 Å². The summed E-state index contributed by atoms with van der Waals surface area (Å²) in [5, 5.41) is 20.7. The number of carbonyl (C=O) groups is 1. The molecule has 1 aliphatic rings. The Kier molecular flexibility index (Phi) is 7.38. The molecule has 2 rings (SSSR count). The molecule has 0 radical (unpaired) electrons. The van der Waals surface area contributed by atoms with Gasteiger partial charge in [-0.05, 0) is 45.1 Å². The van der Waals surface area contributed by atoms with Gasteiger partial charge in [0, 0.05) is 24.6 Å². The summed E-state index contributed by atoms with van der Waals surface area (Å²) < 4.78 is 5.41. The van der Waals surface area contributed by atoms with Crippen LogP contribution in [0.2, 0.25) is 0 Å². The van der Waals surface area contributed by atoms with Gasteiger partial charge in [-0.3, -0.25) is 0 Å². The highest BCUT2D eigenvalue weighted by atomic mass is 32.2. The first-order chi connectivity index (χ1) is 12.2. The zero-order valence-electron chi connectivity index (χ0n) is 16.0. The van der Waals surface area contributed by atoms with Crippen LogP contribution in [-0.2, 0) is 10.5 Å². The lowest BCUT2D eigenvalue weighted by Crippen LogP contribution is -2.51. The SMILES string of the molecule is CC(C)(C)OC(=O)N1CCC([C@](O)(CO)CSCc2ccccc2)CC1. The third-order valence-electron chi connectivity index (χ3n) is 4.64. The minimum Gasteiger partial charge on any atom is -0.444 e. The van der Waals surface area contributed by atoms with Crippen LogP contribution in [0.15, 0.2) is 30.3 Å². The summed E-state index contributed by atoms with van der Waals surface area (Å²) in [6, 6.07) is 10.1. The van der Waals surface area contributed by atoms with Gasteiger partial charge < -0.3 is 19.8 Å². The van der Waals surface area contributed by atoms with Crippen molar-refractivity contribution in [3.05, 3.63) is 35.9 Å². The van der Waals surface area contributed by atoms with Crippen molar-refractivity contribution in [3.63, 3.8) is 0 Å². The summed E-state index contributed by atoms with van der Waals surface area (Å²) in [5.74, 6) is 1.27. The lowest BCUT2D eigenvalue weighted by atomic mass is 9.82. The fourth-order valence-electron chi connectivity index (χ4n) is 3.14.